The maximum atomic E-state index is 10.2. The van der Waals surface area contributed by atoms with Gasteiger partial charge in [-0.25, -0.2) is 0 Å². The van der Waals surface area contributed by atoms with Crippen LogP contribution in [0.1, 0.15) is 10.4 Å². The topological polar surface area (TPSA) is 80.4 Å². The summed E-state index contributed by atoms with van der Waals surface area (Å²) in [6, 6.07) is 3.26. The second kappa shape index (κ2) is 5.46. The number of carbonyl (C=O) groups excluding carboxylic acids is 1. The molecule has 0 saturated heterocycles. The fourth-order valence-corrected chi connectivity index (χ4v) is 0.750. The van der Waals surface area contributed by atoms with Gasteiger partial charge < -0.3 is 5.11 Å². The molecule has 6 heteroatoms. The normalized spacial score (nSPS) is 8.62. The smallest absolute Gasteiger partial charge is 0.270 e. The predicted molar refractivity (Wildman–Crippen MR) is 45.9 cm³/mol. The van der Waals surface area contributed by atoms with Crippen molar-refractivity contribution < 1.29 is 14.8 Å². The van der Waals surface area contributed by atoms with E-state index in [0.717, 1.165) is 18.2 Å². The van der Waals surface area contributed by atoms with E-state index in [9.17, 15) is 14.9 Å². The first-order chi connectivity index (χ1) is 5.65. The van der Waals surface area contributed by atoms with Crippen LogP contribution in [0.2, 0.25) is 0 Å². The molecule has 0 bridgehead atoms. The van der Waals surface area contributed by atoms with Crippen molar-refractivity contribution >= 4 is 63.4 Å². The largest absolute Gasteiger partial charge is 0.507 e. The van der Waals surface area contributed by atoms with Crippen LogP contribution in [0.15, 0.2) is 18.2 Å². The standard InChI is InChI=1S/C7H5NO4.K/c9-4-5-3-6(8(11)12)1-2-7(5)10;/h1-4,10H;. The van der Waals surface area contributed by atoms with Gasteiger partial charge in [0.2, 0.25) is 0 Å². The number of aromatic hydroxyl groups is 1. The van der Waals surface area contributed by atoms with Gasteiger partial charge in [-0.3, -0.25) is 14.9 Å². The molecule has 0 amide bonds. The van der Waals surface area contributed by atoms with Crippen LogP contribution in [-0.4, -0.2) is 67.7 Å². The Balaban J connectivity index is 0.00000144. The molecular formula is C7H5KNO4. The van der Waals surface area contributed by atoms with Gasteiger partial charge in [0.1, 0.15) is 5.75 Å². The van der Waals surface area contributed by atoms with E-state index in [0.29, 0.717) is 6.29 Å². The average Bonchev–Trinajstić information content (AvgIpc) is 2.05. The zero-order valence-electron chi connectivity index (χ0n) is 6.93. The van der Waals surface area contributed by atoms with Crippen molar-refractivity contribution in [3.8, 4) is 5.75 Å². The molecule has 0 fully saturated rings. The van der Waals surface area contributed by atoms with Gasteiger partial charge in [0.15, 0.2) is 6.29 Å². The molecule has 1 aromatic rings. The second-order valence-electron chi connectivity index (χ2n) is 2.12. The maximum absolute atomic E-state index is 10.2. The number of hydrogen-bond acceptors (Lipinski definition) is 4. The van der Waals surface area contributed by atoms with Crippen LogP contribution in [0.3, 0.4) is 0 Å². The Bertz CT molecular complexity index is 339. The number of aldehydes is 1. The van der Waals surface area contributed by atoms with E-state index in [4.69, 9.17) is 5.11 Å². The molecule has 0 heterocycles. The van der Waals surface area contributed by atoms with Gasteiger partial charge in [0.05, 0.1) is 10.5 Å². The van der Waals surface area contributed by atoms with E-state index in [1.165, 1.54) is 0 Å². The van der Waals surface area contributed by atoms with Crippen molar-refractivity contribution in [3.63, 3.8) is 0 Å². The summed E-state index contributed by atoms with van der Waals surface area (Å²) in [5.74, 6) is -0.254. The molecule has 1 aromatic carbocycles. The Hall–Kier alpha value is -0.274. The molecule has 0 spiro atoms. The number of phenols is 1. The zero-order valence-corrected chi connectivity index (χ0v) is 10.1. The third-order valence-corrected chi connectivity index (χ3v) is 1.35. The van der Waals surface area contributed by atoms with E-state index < -0.39 is 4.92 Å². The van der Waals surface area contributed by atoms with Gasteiger partial charge in [0, 0.05) is 63.5 Å². The van der Waals surface area contributed by atoms with Crippen molar-refractivity contribution in [2.75, 3.05) is 0 Å². The van der Waals surface area contributed by atoms with Crippen molar-refractivity contribution in [2.24, 2.45) is 0 Å². The third-order valence-electron chi connectivity index (χ3n) is 1.35. The number of nitro groups is 1. The number of nitrogens with zero attached hydrogens (tertiary/aromatic N) is 1. The van der Waals surface area contributed by atoms with Crippen LogP contribution in [0.5, 0.6) is 5.75 Å². The summed E-state index contributed by atoms with van der Waals surface area (Å²) in [5.41, 5.74) is -0.292. The van der Waals surface area contributed by atoms with Crippen molar-refractivity contribution in [3.05, 3.63) is 33.9 Å². The van der Waals surface area contributed by atoms with E-state index >= 15 is 0 Å². The van der Waals surface area contributed by atoms with Crippen LogP contribution in [0, 0.1) is 10.1 Å². The summed E-state index contributed by atoms with van der Waals surface area (Å²) in [7, 11) is 0. The molecule has 0 atom stereocenters. The van der Waals surface area contributed by atoms with Gasteiger partial charge in [-0.15, -0.1) is 0 Å². The molecule has 0 aliphatic carbocycles. The number of phenolic OH excluding ortho intramolecular Hbond substituents is 1. The predicted octanol–water partition coefficient (Wildman–Crippen LogP) is 0.732. The Morgan fingerprint density at radius 2 is 2.08 bits per heavy atom. The Morgan fingerprint density at radius 1 is 1.46 bits per heavy atom. The summed E-state index contributed by atoms with van der Waals surface area (Å²) >= 11 is 0. The molecule has 13 heavy (non-hydrogen) atoms. The minimum Gasteiger partial charge on any atom is -0.507 e. The molecular weight excluding hydrogens is 201 g/mol. The Kier molecular flexibility index (Phi) is 5.34. The summed E-state index contributed by atoms with van der Waals surface area (Å²) in [5, 5.41) is 19.2. The Labute approximate surface area is 116 Å². The molecule has 63 valence electrons. The zero-order chi connectivity index (χ0) is 9.14. The molecule has 1 radical (unpaired) electrons. The molecule has 1 rings (SSSR count). The number of hydrogen-bond donors (Lipinski definition) is 1. The van der Waals surface area contributed by atoms with Crippen LogP contribution >= 0.6 is 0 Å². The van der Waals surface area contributed by atoms with E-state index in [-0.39, 0.29) is 68.4 Å². The summed E-state index contributed by atoms with van der Waals surface area (Å²) in [4.78, 5) is 19.8. The maximum Gasteiger partial charge on any atom is 0.270 e. The van der Waals surface area contributed by atoms with E-state index in [2.05, 4.69) is 0 Å². The minimum atomic E-state index is -0.633. The second-order valence-corrected chi connectivity index (χ2v) is 2.12. The fraction of sp³-hybridized carbons (Fsp3) is 0. The third kappa shape index (κ3) is 3.16. The monoisotopic (exact) mass is 206 g/mol. The van der Waals surface area contributed by atoms with Gasteiger partial charge in [-0.1, -0.05) is 0 Å². The number of nitro benzene ring substituents is 1. The minimum absolute atomic E-state index is 0. The SMILES string of the molecule is O=Cc1cc([N+](=O)[O-])ccc1O.[K]. The molecule has 5 nitrogen and oxygen atoms in total. The molecule has 0 saturated carbocycles. The number of rotatable bonds is 2. The molecule has 0 aromatic heterocycles. The van der Waals surface area contributed by atoms with Crippen molar-refractivity contribution in [1.29, 1.82) is 0 Å². The van der Waals surface area contributed by atoms with E-state index in [1.807, 2.05) is 0 Å². The number of non-ortho nitro benzene ring substituents is 1. The summed E-state index contributed by atoms with van der Waals surface area (Å²) in [6.45, 7) is 0. The van der Waals surface area contributed by atoms with Crippen LogP contribution in [0.25, 0.3) is 0 Å². The van der Waals surface area contributed by atoms with Crippen molar-refractivity contribution in [1.82, 2.24) is 0 Å². The fourth-order valence-electron chi connectivity index (χ4n) is 0.750. The molecule has 0 unspecified atom stereocenters. The first-order valence-electron chi connectivity index (χ1n) is 3.07. The summed E-state index contributed by atoms with van der Waals surface area (Å²) < 4.78 is 0. The number of carbonyl (C=O) groups is 1. The van der Waals surface area contributed by atoms with Crippen LogP contribution in [-0.2, 0) is 0 Å². The first kappa shape index (κ1) is 12.7. The van der Waals surface area contributed by atoms with Gasteiger partial charge in [-0.05, 0) is 6.07 Å². The van der Waals surface area contributed by atoms with Gasteiger partial charge in [-0.2, -0.15) is 0 Å². The Morgan fingerprint density at radius 3 is 2.54 bits per heavy atom. The molecule has 0 aliphatic rings. The number of benzene rings is 1. The van der Waals surface area contributed by atoms with Crippen LogP contribution in [0.4, 0.5) is 5.69 Å². The quantitative estimate of drug-likeness (QED) is 0.335. The first-order valence-corrected chi connectivity index (χ1v) is 3.07. The molecule has 0 aliphatic heterocycles. The van der Waals surface area contributed by atoms with Gasteiger partial charge >= 0.3 is 0 Å². The van der Waals surface area contributed by atoms with Crippen molar-refractivity contribution in [2.45, 2.75) is 0 Å². The van der Waals surface area contributed by atoms with E-state index in [1.54, 1.807) is 0 Å². The van der Waals surface area contributed by atoms with Crippen LogP contribution < -0.4 is 0 Å². The summed E-state index contributed by atoms with van der Waals surface area (Å²) in [6.07, 6.45) is 0.363. The average molecular weight is 206 g/mol. The molecule has 1 N–H and O–H groups in total. The van der Waals surface area contributed by atoms with Gasteiger partial charge in [0.25, 0.3) is 5.69 Å².